The summed E-state index contributed by atoms with van der Waals surface area (Å²) in [5, 5.41) is 14.3. The zero-order valence-corrected chi connectivity index (χ0v) is 20.7. The highest BCUT2D eigenvalue weighted by Gasteiger charge is 2.19. The van der Waals surface area contributed by atoms with Crippen molar-refractivity contribution < 1.29 is 4.74 Å². The Balaban J connectivity index is 0.000000330. The highest BCUT2D eigenvalue weighted by molar-refractivity contribution is 5.86. The number of aryl methyl sites for hydroxylation is 1. The number of methoxy groups -OCH3 is 1. The van der Waals surface area contributed by atoms with Crippen molar-refractivity contribution in [1.82, 2.24) is 34.0 Å². The first-order valence-corrected chi connectivity index (χ1v) is 12.0. The molecule has 0 amide bonds. The lowest BCUT2D eigenvalue weighted by atomic mass is 10.0. The first-order chi connectivity index (χ1) is 17.6. The van der Waals surface area contributed by atoms with Gasteiger partial charge in [0, 0.05) is 29.8 Å². The van der Waals surface area contributed by atoms with E-state index in [1.54, 1.807) is 48.8 Å². The number of pyridine rings is 1. The van der Waals surface area contributed by atoms with Crippen LogP contribution in [0, 0.1) is 11.3 Å². The van der Waals surface area contributed by atoms with Gasteiger partial charge in [0.2, 0.25) is 5.88 Å². The number of aromatic nitrogens is 6. The molecule has 5 heterocycles. The van der Waals surface area contributed by atoms with Crippen molar-refractivity contribution in [3.8, 4) is 34.5 Å². The Kier molecular flexibility index (Phi) is 6.60. The van der Waals surface area contributed by atoms with Crippen molar-refractivity contribution in [3.63, 3.8) is 0 Å². The van der Waals surface area contributed by atoms with Crippen molar-refractivity contribution in [3.05, 3.63) is 60.8 Å². The molecule has 1 fully saturated rings. The maximum Gasteiger partial charge on any atom is 0.240 e. The Morgan fingerprint density at radius 1 is 0.972 bits per heavy atom. The van der Waals surface area contributed by atoms with Crippen LogP contribution in [0.25, 0.3) is 39.1 Å². The molecule has 6 rings (SSSR count). The fourth-order valence-corrected chi connectivity index (χ4v) is 4.51. The van der Waals surface area contributed by atoms with Crippen molar-refractivity contribution in [2.75, 3.05) is 27.2 Å². The summed E-state index contributed by atoms with van der Waals surface area (Å²) in [5.41, 5.74) is 5.43. The summed E-state index contributed by atoms with van der Waals surface area (Å²) in [6.07, 6.45) is 11.3. The van der Waals surface area contributed by atoms with E-state index in [0.717, 1.165) is 33.4 Å². The first-order valence-electron chi connectivity index (χ1n) is 12.0. The molecule has 0 N–H and O–H groups in total. The number of piperidine rings is 1. The highest BCUT2D eigenvalue weighted by atomic mass is 16.5. The smallest absolute Gasteiger partial charge is 0.240 e. The summed E-state index contributed by atoms with van der Waals surface area (Å²) in [4.78, 5) is 16.0. The third-order valence-electron chi connectivity index (χ3n) is 6.44. The molecule has 0 saturated carbocycles. The Bertz CT molecular complexity index is 1540. The van der Waals surface area contributed by atoms with Crippen molar-refractivity contribution in [2.45, 2.75) is 19.3 Å². The second-order valence-electron chi connectivity index (χ2n) is 8.93. The average molecular weight is 481 g/mol. The molecule has 0 atom stereocenters. The van der Waals surface area contributed by atoms with Gasteiger partial charge in [0.25, 0.3) is 0 Å². The highest BCUT2D eigenvalue weighted by Crippen LogP contribution is 2.35. The largest absolute Gasteiger partial charge is 0.479 e. The third-order valence-corrected chi connectivity index (χ3v) is 6.44. The second-order valence-corrected chi connectivity index (χ2v) is 8.93. The van der Waals surface area contributed by atoms with E-state index >= 15 is 0 Å². The van der Waals surface area contributed by atoms with Crippen LogP contribution < -0.4 is 4.74 Å². The van der Waals surface area contributed by atoms with Crippen LogP contribution >= 0.6 is 0 Å². The van der Waals surface area contributed by atoms with Crippen LogP contribution in [0.5, 0.6) is 5.88 Å². The maximum atomic E-state index is 9.12. The van der Waals surface area contributed by atoms with E-state index in [-0.39, 0.29) is 0 Å². The van der Waals surface area contributed by atoms with Crippen LogP contribution in [0.2, 0.25) is 0 Å². The SMILES string of the molecule is CN1CCCCC1.COc1nc(-c2ccc(C#N)cc2)c(-c2cnc3c(cnn3C)c2)n2cncc12. The van der Waals surface area contributed by atoms with Crippen LogP contribution in [0.3, 0.4) is 0 Å². The van der Waals surface area contributed by atoms with E-state index < -0.39 is 0 Å². The molecule has 0 bridgehead atoms. The van der Waals surface area contributed by atoms with Gasteiger partial charge in [-0.1, -0.05) is 18.6 Å². The number of rotatable bonds is 3. The lowest BCUT2D eigenvalue weighted by Crippen LogP contribution is -2.24. The maximum absolute atomic E-state index is 9.12. The normalized spacial score (nSPS) is 13.8. The molecule has 0 unspecified atom stereocenters. The van der Waals surface area contributed by atoms with Gasteiger partial charge in [0.15, 0.2) is 5.65 Å². The third kappa shape index (κ3) is 4.51. The molecular formula is C27H28N8O. The van der Waals surface area contributed by atoms with Crippen LogP contribution in [0.15, 0.2) is 55.2 Å². The molecule has 182 valence electrons. The number of likely N-dealkylation sites (tertiary alicyclic amines) is 1. The number of nitrogens with zero attached hydrogens (tertiary/aromatic N) is 8. The van der Waals surface area contributed by atoms with E-state index in [4.69, 9.17) is 15.0 Å². The van der Waals surface area contributed by atoms with E-state index in [2.05, 4.69) is 33.1 Å². The summed E-state index contributed by atoms with van der Waals surface area (Å²) in [6.45, 7) is 2.64. The molecular weight excluding hydrogens is 452 g/mol. The van der Waals surface area contributed by atoms with Gasteiger partial charge in [0.1, 0.15) is 5.52 Å². The number of imidazole rings is 1. The van der Waals surface area contributed by atoms with Gasteiger partial charge < -0.3 is 9.64 Å². The van der Waals surface area contributed by atoms with Gasteiger partial charge >= 0.3 is 0 Å². The van der Waals surface area contributed by atoms with Gasteiger partial charge in [0.05, 0.1) is 48.9 Å². The van der Waals surface area contributed by atoms with Crippen LogP contribution in [0.4, 0.5) is 0 Å². The number of hydrogen-bond acceptors (Lipinski definition) is 7. The minimum atomic E-state index is 0.473. The van der Waals surface area contributed by atoms with Crippen LogP contribution in [0.1, 0.15) is 24.8 Å². The summed E-state index contributed by atoms with van der Waals surface area (Å²) in [7, 11) is 5.64. The predicted octanol–water partition coefficient (Wildman–Crippen LogP) is 4.33. The molecule has 0 aliphatic carbocycles. The van der Waals surface area contributed by atoms with Crippen LogP contribution in [-0.4, -0.2) is 61.3 Å². The number of fused-ring (bicyclic) bond motifs is 2. The molecule has 1 aromatic carbocycles. The fraction of sp³-hybridized carbons (Fsp3) is 0.296. The zero-order valence-electron chi connectivity index (χ0n) is 20.7. The van der Waals surface area contributed by atoms with E-state index in [0.29, 0.717) is 17.1 Å². The Labute approximate surface area is 209 Å². The Morgan fingerprint density at radius 3 is 2.42 bits per heavy atom. The van der Waals surface area contributed by atoms with Crippen molar-refractivity contribution in [2.24, 2.45) is 7.05 Å². The molecule has 36 heavy (non-hydrogen) atoms. The Hall–Kier alpha value is -4.29. The standard InChI is InChI=1S/C21H15N7O.C6H13N/c1-27-20-16(10-25-27)7-15(9-24-20)19-18(14-5-3-13(8-22)4-6-14)26-21(29-2)17-11-23-12-28(17)19;1-7-5-3-2-4-6-7/h3-7,9-12H,1-2H3;2-6H2,1H3. The lowest BCUT2D eigenvalue weighted by Gasteiger charge is -2.20. The van der Waals surface area contributed by atoms with Gasteiger partial charge in [-0.3, -0.25) is 9.08 Å². The summed E-state index contributed by atoms with van der Waals surface area (Å²) < 4.78 is 9.18. The predicted molar refractivity (Wildman–Crippen MR) is 139 cm³/mol. The molecule has 0 radical (unpaired) electrons. The molecule has 1 aliphatic rings. The second kappa shape index (κ2) is 10.1. The summed E-state index contributed by atoms with van der Waals surface area (Å²) >= 11 is 0. The van der Waals surface area contributed by atoms with Gasteiger partial charge in [-0.2, -0.15) is 10.4 Å². The van der Waals surface area contributed by atoms with Gasteiger partial charge in [-0.25, -0.2) is 15.0 Å². The zero-order chi connectivity index (χ0) is 25.1. The van der Waals surface area contributed by atoms with Crippen molar-refractivity contribution >= 4 is 16.6 Å². The quantitative estimate of drug-likeness (QED) is 0.379. The van der Waals surface area contributed by atoms with Crippen LogP contribution in [-0.2, 0) is 7.05 Å². The molecule has 1 saturated heterocycles. The lowest BCUT2D eigenvalue weighted by molar-refractivity contribution is 0.277. The molecule has 4 aromatic heterocycles. The average Bonchev–Trinajstić information content (AvgIpc) is 3.55. The Morgan fingerprint density at radius 2 is 1.75 bits per heavy atom. The number of nitriles is 1. The van der Waals surface area contributed by atoms with E-state index in [9.17, 15) is 0 Å². The molecule has 0 spiro atoms. The molecule has 1 aliphatic heterocycles. The minimum absolute atomic E-state index is 0.473. The first kappa shape index (κ1) is 23.5. The molecule has 5 aromatic rings. The number of benzene rings is 1. The molecule has 9 heteroatoms. The number of ether oxygens (including phenoxy) is 1. The minimum Gasteiger partial charge on any atom is -0.479 e. The summed E-state index contributed by atoms with van der Waals surface area (Å²) in [5.74, 6) is 0.473. The van der Waals surface area contributed by atoms with E-state index in [1.165, 1.54) is 32.4 Å². The van der Waals surface area contributed by atoms with Gasteiger partial charge in [-0.15, -0.1) is 0 Å². The summed E-state index contributed by atoms with van der Waals surface area (Å²) in [6, 6.07) is 11.5. The molecule has 9 nitrogen and oxygen atoms in total. The van der Waals surface area contributed by atoms with E-state index in [1.807, 2.05) is 29.6 Å². The topological polar surface area (TPSA) is 97.2 Å². The van der Waals surface area contributed by atoms with Crippen molar-refractivity contribution in [1.29, 1.82) is 5.26 Å². The van der Waals surface area contributed by atoms with Gasteiger partial charge in [-0.05, 0) is 51.2 Å². The monoisotopic (exact) mass is 480 g/mol. The number of hydrogen-bond donors (Lipinski definition) is 0. The fourth-order valence-electron chi connectivity index (χ4n) is 4.51.